The largest absolute Gasteiger partial charge is 0.492 e. The van der Waals surface area contributed by atoms with Crippen LogP contribution in [0.4, 0.5) is 4.39 Å². The average molecular weight is 222 g/mol. The third-order valence-electron chi connectivity index (χ3n) is 1.98. The van der Waals surface area contributed by atoms with Crippen molar-refractivity contribution in [2.45, 2.75) is 19.9 Å². The number of nitrogens with zero attached hydrogens (tertiary/aromatic N) is 1. The summed E-state index contributed by atoms with van der Waals surface area (Å²) in [7, 11) is 0. The molecule has 0 aliphatic carbocycles. The third-order valence-corrected chi connectivity index (χ3v) is 1.98. The van der Waals surface area contributed by atoms with E-state index in [2.05, 4.69) is 5.32 Å². The van der Waals surface area contributed by atoms with E-state index in [0.29, 0.717) is 24.9 Å². The molecule has 0 aliphatic rings. The summed E-state index contributed by atoms with van der Waals surface area (Å²) in [5, 5.41) is 11.7. The SMILES string of the molecule is CC(C)NCCOc1ccc(C#N)c(F)c1. The summed E-state index contributed by atoms with van der Waals surface area (Å²) in [5.41, 5.74) is 0.0349. The zero-order valence-corrected chi connectivity index (χ0v) is 9.46. The summed E-state index contributed by atoms with van der Waals surface area (Å²) >= 11 is 0. The fraction of sp³-hybridized carbons (Fsp3) is 0.417. The molecule has 1 aromatic carbocycles. The highest BCUT2D eigenvalue weighted by atomic mass is 19.1. The number of hydrogen-bond acceptors (Lipinski definition) is 3. The quantitative estimate of drug-likeness (QED) is 0.776. The van der Waals surface area contributed by atoms with Gasteiger partial charge in [-0.05, 0) is 12.1 Å². The lowest BCUT2D eigenvalue weighted by molar-refractivity contribution is 0.307. The molecule has 0 unspecified atom stereocenters. The normalized spacial score (nSPS) is 10.2. The number of rotatable bonds is 5. The van der Waals surface area contributed by atoms with Crippen LogP contribution in [0.3, 0.4) is 0 Å². The fourth-order valence-electron chi connectivity index (χ4n) is 1.19. The topological polar surface area (TPSA) is 45.0 Å². The van der Waals surface area contributed by atoms with E-state index in [1.807, 2.05) is 13.8 Å². The van der Waals surface area contributed by atoms with E-state index < -0.39 is 5.82 Å². The molecular weight excluding hydrogens is 207 g/mol. The summed E-state index contributed by atoms with van der Waals surface area (Å²) in [6.07, 6.45) is 0. The van der Waals surface area contributed by atoms with Gasteiger partial charge in [-0.15, -0.1) is 0 Å². The van der Waals surface area contributed by atoms with Gasteiger partial charge in [-0.25, -0.2) is 4.39 Å². The molecule has 3 nitrogen and oxygen atoms in total. The molecule has 0 bridgehead atoms. The van der Waals surface area contributed by atoms with Crippen molar-refractivity contribution in [3.05, 3.63) is 29.6 Å². The number of nitriles is 1. The van der Waals surface area contributed by atoms with Gasteiger partial charge in [-0.2, -0.15) is 5.26 Å². The highest BCUT2D eigenvalue weighted by Crippen LogP contribution is 2.15. The second-order valence-corrected chi connectivity index (χ2v) is 3.71. The smallest absolute Gasteiger partial charge is 0.144 e. The van der Waals surface area contributed by atoms with Crippen LogP contribution in [0.5, 0.6) is 5.75 Å². The fourth-order valence-corrected chi connectivity index (χ4v) is 1.19. The van der Waals surface area contributed by atoms with Crippen molar-refractivity contribution < 1.29 is 9.13 Å². The number of hydrogen-bond donors (Lipinski definition) is 1. The molecule has 4 heteroatoms. The van der Waals surface area contributed by atoms with Gasteiger partial charge in [0.05, 0.1) is 5.56 Å². The van der Waals surface area contributed by atoms with Gasteiger partial charge in [-0.1, -0.05) is 13.8 Å². The zero-order chi connectivity index (χ0) is 12.0. The van der Waals surface area contributed by atoms with Crippen molar-refractivity contribution in [2.24, 2.45) is 0 Å². The predicted octanol–water partition coefficient (Wildman–Crippen LogP) is 2.07. The third kappa shape index (κ3) is 3.87. The average Bonchev–Trinajstić information content (AvgIpc) is 2.24. The maximum absolute atomic E-state index is 13.2. The second-order valence-electron chi connectivity index (χ2n) is 3.71. The first-order valence-electron chi connectivity index (χ1n) is 5.19. The van der Waals surface area contributed by atoms with Crippen LogP contribution in [0, 0.1) is 17.1 Å². The molecule has 0 aliphatic heterocycles. The summed E-state index contributed by atoms with van der Waals surface area (Å²) < 4.78 is 18.5. The first-order chi connectivity index (χ1) is 7.63. The van der Waals surface area contributed by atoms with Crippen molar-refractivity contribution in [3.63, 3.8) is 0 Å². The molecule has 1 rings (SSSR count). The van der Waals surface area contributed by atoms with Crippen LogP contribution >= 0.6 is 0 Å². The molecule has 0 fully saturated rings. The van der Waals surface area contributed by atoms with Crippen LogP contribution in [0.1, 0.15) is 19.4 Å². The lowest BCUT2D eigenvalue weighted by atomic mass is 10.2. The summed E-state index contributed by atoms with van der Waals surface area (Å²) in [5.74, 6) is -0.0983. The molecule has 86 valence electrons. The van der Waals surface area contributed by atoms with E-state index in [4.69, 9.17) is 10.00 Å². The van der Waals surface area contributed by atoms with Crippen LogP contribution in [-0.4, -0.2) is 19.2 Å². The van der Waals surface area contributed by atoms with Gasteiger partial charge >= 0.3 is 0 Å². The molecule has 1 aromatic rings. The van der Waals surface area contributed by atoms with Crippen molar-refractivity contribution in [1.82, 2.24) is 5.32 Å². The highest BCUT2D eigenvalue weighted by Gasteiger charge is 2.03. The van der Waals surface area contributed by atoms with Crippen LogP contribution in [-0.2, 0) is 0 Å². The Kier molecular flexibility index (Phi) is 4.74. The van der Waals surface area contributed by atoms with Crippen LogP contribution < -0.4 is 10.1 Å². The van der Waals surface area contributed by atoms with E-state index in [1.54, 1.807) is 12.1 Å². The summed E-state index contributed by atoms with van der Waals surface area (Å²) in [4.78, 5) is 0. The maximum atomic E-state index is 13.2. The molecule has 0 aromatic heterocycles. The zero-order valence-electron chi connectivity index (χ0n) is 9.46. The van der Waals surface area contributed by atoms with Crippen molar-refractivity contribution in [2.75, 3.05) is 13.2 Å². The summed E-state index contributed by atoms with van der Waals surface area (Å²) in [6, 6.07) is 6.41. The second kappa shape index (κ2) is 6.09. The number of benzene rings is 1. The molecule has 0 radical (unpaired) electrons. The Balaban J connectivity index is 2.44. The molecule has 16 heavy (non-hydrogen) atoms. The monoisotopic (exact) mass is 222 g/mol. The van der Waals surface area contributed by atoms with Crippen LogP contribution in [0.2, 0.25) is 0 Å². The molecule has 0 heterocycles. The lowest BCUT2D eigenvalue weighted by Crippen LogP contribution is -2.27. The highest BCUT2D eigenvalue weighted by molar-refractivity contribution is 5.36. The van der Waals surface area contributed by atoms with E-state index in [1.165, 1.54) is 12.1 Å². The first kappa shape index (κ1) is 12.5. The van der Waals surface area contributed by atoms with Gasteiger partial charge in [0.1, 0.15) is 24.2 Å². The van der Waals surface area contributed by atoms with Crippen LogP contribution in [0.25, 0.3) is 0 Å². The van der Waals surface area contributed by atoms with E-state index >= 15 is 0 Å². The molecular formula is C12H15FN2O. The standard InChI is InChI=1S/C12H15FN2O/c1-9(2)15-5-6-16-11-4-3-10(8-14)12(13)7-11/h3-4,7,9,15H,5-6H2,1-2H3. The van der Waals surface area contributed by atoms with Crippen molar-refractivity contribution in [1.29, 1.82) is 5.26 Å². The molecule has 0 spiro atoms. The minimum atomic E-state index is -0.545. The Morgan fingerprint density at radius 1 is 1.50 bits per heavy atom. The Morgan fingerprint density at radius 2 is 2.25 bits per heavy atom. The van der Waals surface area contributed by atoms with Gasteiger partial charge in [0.15, 0.2) is 0 Å². The van der Waals surface area contributed by atoms with Gasteiger partial charge in [0.2, 0.25) is 0 Å². The number of halogens is 1. The molecule has 0 atom stereocenters. The maximum Gasteiger partial charge on any atom is 0.144 e. The van der Waals surface area contributed by atoms with E-state index in [0.717, 1.165) is 0 Å². The Labute approximate surface area is 94.8 Å². The Morgan fingerprint density at radius 3 is 2.81 bits per heavy atom. The molecule has 0 amide bonds. The molecule has 0 saturated heterocycles. The van der Waals surface area contributed by atoms with Crippen molar-refractivity contribution >= 4 is 0 Å². The van der Waals surface area contributed by atoms with Crippen LogP contribution in [0.15, 0.2) is 18.2 Å². The summed E-state index contributed by atoms with van der Waals surface area (Å²) in [6.45, 7) is 5.27. The molecule has 1 N–H and O–H groups in total. The Bertz CT molecular complexity index is 385. The van der Waals surface area contributed by atoms with Gasteiger partial charge in [-0.3, -0.25) is 0 Å². The first-order valence-corrected chi connectivity index (χ1v) is 5.19. The molecule has 0 saturated carbocycles. The Hall–Kier alpha value is -1.60. The van der Waals surface area contributed by atoms with Gasteiger partial charge in [0, 0.05) is 18.7 Å². The van der Waals surface area contributed by atoms with E-state index in [9.17, 15) is 4.39 Å². The van der Waals surface area contributed by atoms with Gasteiger partial charge in [0.25, 0.3) is 0 Å². The van der Waals surface area contributed by atoms with Gasteiger partial charge < -0.3 is 10.1 Å². The predicted molar refractivity (Wildman–Crippen MR) is 59.7 cm³/mol. The minimum Gasteiger partial charge on any atom is -0.492 e. The number of nitrogens with one attached hydrogen (secondary N) is 1. The van der Waals surface area contributed by atoms with Crippen molar-refractivity contribution in [3.8, 4) is 11.8 Å². The number of ether oxygens (including phenoxy) is 1. The minimum absolute atomic E-state index is 0.0349. The van der Waals surface area contributed by atoms with E-state index in [-0.39, 0.29) is 5.56 Å². The lowest BCUT2D eigenvalue weighted by Gasteiger charge is -2.09.